The summed E-state index contributed by atoms with van der Waals surface area (Å²) >= 11 is 0. The van der Waals surface area contributed by atoms with E-state index in [1.54, 1.807) is 26.0 Å². The van der Waals surface area contributed by atoms with Crippen LogP contribution in [0.3, 0.4) is 0 Å². The average Bonchev–Trinajstić information content (AvgIpc) is 3.16. The minimum absolute atomic E-state index is 0.0732. The Balaban J connectivity index is 2.38. The molecule has 0 saturated carbocycles. The summed E-state index contributed by atoms with van der Waals surface area (Å²) in [5, 5.41) is 2.46. The van der Waals surface area contributed by atoms with E-state index in [1.807, 2.05) is 41.2 Å². The van der Waals surface area contributed by atoms with E-state index in [1.165, 1.54) is 6.92 Å². The molecule has 0 saturated heterocycles. The van der Waals surface area contributed by atoms with Crippen molar-refractivity contribution in [3.63, 3.8) is 0 Å². The van der Waals surface area contributed by atoms with Crippen LogP contribution >= 0.6 is 0 Å². The third-order valence-electron chi connectivity index (χ3n) is 3.95. The fourth-order valence-corrected chi connectivity index (χ4v) is 2.78. The lowest BCUT2D eigenvalue weighted by atomic mass is 9.90. The Morgan fingerprint density at radius 3 is 1.93 bits per heavy atom. The molecule has 1 aromatic heterocycles. The van der Waals surface area contributed by atoms with Gasteiger partial charge >= 0.3 is 11.9 Å². The minimum atomic E-state index is -1.92. The van der Waals surface area contributed by atoms with Crippen LogP contribution in [0.2, 0.25) is 0 Å². The van der Waals surface area contributed by atoms with Gasteiger partial charge in [0.1, 0.15) is 0 Å². The molecule has 0 aliphatic rings. The Morgan fingerprint density at radius 2 is 1.48 bits per heavy atom. The van der Waals surface area contributed by atoms with Crippen molar-refractivity contribution < 1.29 is 23.9 Å². The summed E-state index contributed by atoms with van der Waals surface area (Å²) in [6.45, 7) is 4.65. The highest BCUT2D eigenvalue weighted by atomic mass is 16.6. The molecule has 0 radical (unpaired) electrons. The second-order valence-corrected chi connectivity index (χ2v) is 5.96. The molecule has 0 spiro atoms. The van der Waals surface area contributed by atoms with Crippen LogP contribution in [-0.4, -0.2) is 41.2 Å². The second kappa shape index (κ2) is 9.02. The molecular weight excluding hydrogens is 348 g/mol. The highest BCUT2D eigenvalue weighted by molar-refractivity contribution is 6.08. The first-order valence-electron chi connectivity index (χ1n) is 8.78. The van der Waals surface area contributed by atoms with Crippen molar-refractivity contribution in [3.05, 3.63) is 54.4 Å². The van der Waals surface area contributed by atoms with Gasteiger partial charge in [-0.1, -0.05) is 12.1 Å². The summed E-state index contributed by atoms with van der Waals surface area (Å²) in [6, 6.07) is 11.2. The van der Waals surface area contributed by atoms with Gasteiger partial charge in [-0.25, -0.2) is 9.59 Å². The number of ether oxygens (including phenoxy) is 2. The van der Waals surface area contributed by atoms with E-state index in [0.29, 0.717) is 5.56 Å². The van der Waals surface area contributed by atoms with E-state index in [-0.39, 0.29) is 19.6 Å². The van der Waals surface area contributed by atoms with Gasteiger partial charge in [-0.15, -0.1) is 0 Å². The van der Waals surface area contributed by atoms with Crippen molar-refractivity contribution >= 4 is 17.8 Å². The number of carbonyl (C=O) groups is 3. The maximum atomic E-state index is 12.6. The Morgan fingerprint density at radius 1 is 0.963 bits per heavy atom. The van der Waals surface area contributed by atoms with Crippen LogP contribution in [0.5, 0.6) is 0 Å². The van der Waals surface area contributed by atoms with Crippen molar-refractivity contribution in [1.29, 1.82) is 0 Å². The number of aromatic nitrogens is 1. The summed E-state index contributed by atoms with van der Waals surface area (Å²) in [7, 11) is 0. The largest absolute Gasteiger partial charge is 0.464 e. The number of benzene rings is 1. The summed E-state index contributed by atoms with van der Waals surface area (Å²) < 4.78 is 12.1. The van der Waals surface area contributed by atoms with E-state index in [2.05, 4.69) is 5.32 Å². The molecule has 0 aliphatic carbocycles. The van der Waals surface area contributed by atoms with Gasteiger partial charge in [-0.05, 0) is 43.7 Å². The number of hydrogen-bond donors (Lipinski definition) is 1. The first-order chi connectivity index (χ1) is 12.9. The van der Waals surface area contributed by atoms with Gasteiger partial charge < -0.3 is 19.4 Å². The number of nitrogens with one attached hydrogen (secondary N) is 1. The molecule has 1 N–H and O–H groups in total. The Bertz CT molecular complexity index is 763. The molecule has 7 nitrogen and oxygen atoms in total. The Kier molecular flexibility index (Phi) is 6.76. The van der Waals surface area contributed by atoms with Gasteiger partial charge in [-0.3, -0.25) is 4.79 Å². The number of rotatable bonds is 8. The number of carbonyl (C=O) groups excluding carboxylic acids is 3. The fourth-order valence-electron chi connectivity index (χ4n) is 2.78. The zero-order chi connectivity index (χ0) is 19.9. The third-order valence-corrected chi connectivity index (χ3v) is 3.95. The number of hydrogen-bond acceptors (Lipinski definition) is 5. The quantitative estimate of drug-likeness (QED) is 0.566. The maximum absolute atomic E-state index is 12.6. The lowest BCUT2D eigenvalue weighted by Crippen LogP contribution is -2.62. The van der Waals surface area contributed by atoms with E-state index in [9.17, 15) is 14.4 Å². The van der Waals surface area contributed by atoms with Crippen LogP contribution in [0.15, 0.2) is 48.8 Å². The molecule has 0 aliphatic heterocycles. The van der Waals surface area contributed by atoms with Crippen molar-refractivity contribution in [2.45, 2.75) is 32.7 Å². The number of amides is 1. The smallest absolute Gasteiger partial charge is 0.344 e. The van der Waals surface area contributed by atoms with Crippen LogP contribution in [0.4, 0.5) is 0 Å². The molecule has 1 amide bonds. The van der Waals surface area contributed by atoms with E-state index < -0.39 is 23.4 Å². The molecule has 1 aromatic carbocycles. The molecule has 144 valence electrons. The Labute approximate surface area is 158 Å². The normalized spacial score (nSPS) is 10.9. The first kappa shape index (κ1) is 20.2. The number of esters is 2. The van der Waals surface area contributed by atoms with Crippen LogP contribution in [0.1, 0.15) is 26.3 Å². The van der Waals surface area contributed by atoms with Crippen LogP contribution in [0, 0.1) is 0 Å². The lowest BCUT2D eigenvalue weighted by molar-refractivity contribution is -0.168. The van der Waals surface area contributed by atoms with Crippen LogP contribution in [0.25, 0.3) is 5.69 Å². The first-order valence-corrected chi connectivity index (χ1v) is 8.78. The topological polar surface area (TPSA) is 86.6 Å². The van der Waals surface area contributed by atoms with Crippen LogP contribution < -0.4 is 5.32 Å². The summed E-state index contributed by atoms with van der Waals surface area (Å²) in [5.74, 6) is -2.21. The zero-order valence-electron chi connectivity index (χ0n) is 15.7. The van der Waals surface area contributed by atoms with Crippen LogP contribution in [-0.2, 0) is 30.3 Å². The highest BCUT2D eigenvalue weighted by Gasteiger charge is 2.50. The van der Waals surface area contributed by atoms with Gasteiger partial charge in [0.15, 0.2) is 0 Å². The minimum Gasteiger partial charge on any atom is -0.464 e. The summed E-state index contributed by atoms with van der Waals surface area (Å²) in [5.41, 5.74) is -0.311. The SMILES string of the molecule is CCOC(=O)C(Cc1ccc(-n2cccc2)cc1)(NC(C)=O)C(=O)OCC. The van der Waals surface area contributed by atoms with E-state index in [0.717, 1.165) is 5.69 Å². The molecule has 7 heteroatoms. The third kappa shape index (κ3) is 4.75. The van der Waals surface area contributed by atoms with Crippen molar-refractivity contribution in [2.75, 3.05) is 13.2 Å². The van der Waals surface area contributed by atoms with Gasteiger partial charge in [-0.2, -0.15) is 0 Å². The summed E-state index contributed by atoms with van der Waals surface area (Å²) in [4.78, 5) is 37.0. The molecule has 2 rings (SSSR count). The van der Waals surface area contributed by atoms with Crippen molar-refractivity contribution in [3.8, 4) is 5.69 Å². The molecule has 2 aromatic rings. The second-order valence-electron chi connectivity index (χ2n) is 5.96. The molecule has 27 heavy (non-hydrogen) atoms. The number of nitrogens with zero attached hydrogens (tertiary/aromatic N) is 1. The Hall–Kier alpha value is -3.09. The molecule has 1 heterocycles. The molecule has 0 atom stereocenters. The fraction of sp³-hybridized carbons (Fsp3) is 0.350. The van der Waals surface area contributed by atoms with Gasteiger partial charge in [0.25, 0.3) is 0 Å². The van der Waals surface area contributed by atoms with Crippen molar-refractivity contribution in [1.82, 2.24) is 9.88 Å². The lowest BCUT2D eigenvalue weighted by Gasteiger charge is -2.29. The molecule has 0 unspecified atom stereocenters. The predicted molar refractivity (Wildman–Crippen MR) is 99.3 cm³/mol. The maximum Gasteiger partial charge on any atom is 0.344 e. The van der Waals surface area contributed by atoms with Gasteiger partial charge in [0.05, 0.1) is 13.2 Å². The summed E-state index contributed by atoms with van der Waals surface area (Å²) in [6.07, 6.45) is 3.75. The molecule has 0 bridgehead atoms. The van der Waals surface area contributed by atoms with Gasteiger partial charge in [0.2, 0.25) is 11.4 Å². The average molecular weight is 372 g/mol. The molecule has 0 fully saturated rings. The highest BCUT2D eigenvalue weighted by Crippen LogP contribution is 2.20. The van der Waals surface area contributed by atoms with Crippen molar-refractivity contribution in [2.24, 2.45) is 0 Å². The standard InChI is InChI=1S/C20H24N2O5/c1-4-26-18(24)20(21-15(3)23,19(25)27-5-2)14-16-8-10-17(11-9-16)22-12-6-7-13-22/h6-13H,4-5,14H2,1-3H3,(H,21,23). The van der Waals surface area contributed by atoms with Gasteiger partial charge in [0, 0.05) is 31.4 Å². The molecular formula is C20H24N2O5. The monoisotopic (exact) mass is 372 g/mol. The zero-order valence-corrected chi connectivity index (χ0v) is 15.7. The predicted octanol–water partition coefficient (Wildman–Crippen LogP) is 2.02. The van der Waals surface area contributed by atoms with E-state index >= 15 is 0 Å². The van der Waals surface area contributed by atoms with E-state index in [4.69, 9.17) is 9.47 Å².